The molecule has 9 nitrogen and oxygen atoms in total. The van der Waals surface area contributed by atoms with E-state index >= 15 is 0 Å². The van der Waals surface area contributed by atoms with E-state index in [0.717, 1.165) is 54.1 Å². The third kappa shape index (κ3) is 5.15. The van der Waals surface area contributed by atoms with Crippen LogP contribution in [0.15, 0.2) is 81.2 Å². The molecule has 2 aromatic heterocycles. The van der Waals surface area contributed by atoms with E-state index in [4.69, 9.17) is 14.1 Å². The highest BCUT2D eigenvalue weighted by Gasteiger charge is 2.32. The van der Waals surface area contributed by atoms with Gasteiger partial charge in [0, 0.05) is 48.0 Å². The van der Waals surface area contributed by atoms with Gasteiger partial charge in [-0.05, 0) is 67.2 Å². The molecule has 10 heteroatoms. The minimum absolute atomic E-state index is 0.0786. The Morgan fingerprint density at radius 2 is 1.85 bits per heavy atom. The zero-order valence-electron chi connectivity index (χ0n) is 21.9. The van der Waals surface area contributed by atoms with Crippen molar-refractivity contribution in [2.24, 2.45) is 4.99 Å². The number of rotatable bonds is 7. The number of likely N-dealkylation sites (N-methyl/N-ethyl adjacent to an activating group) is 1. The number of aliphatic imine (C=N–C) groups is 1. The number of hydrogen-bond acceptors (Lipinski definition) is 7. The molecular formula is C30H28N4O5S. The minimum Gasteiger partial charge on any atom is -0.475 e. The maximum atomic E-state index is 13.4. The van der Waals surface area contributed by atoms with Crippen molar-refractivity contribution in [1.29, 1.82) is 0 Å². The summed E-state index contributed by atoms with van der Waals surface area (Å²) in [5.41, 5.74) is 3.78. The molecular weight excluding hydrogens is 528 g/mol. The van der Waals surface area contributed by atoms with Crippen LogP contribution in [-0.4, -0.2) is 64.5 Å². The summed E-state index contributed by atoms with van der Waals surface area (Å²) in [6, 6.07) is 19.1. The normalized spacial score (nSPS) is 18.0. The summed E-state index contributed by atoms with van der Waals surface area (Å²) in [5, 5.41) is 10.8. The van der Waals surface area contributed by atoms with E-state index in [1.54, 1.807) is 11.0 Å². The smallest absolute Gasteiger partial charge is 0.371 e. The van der Waals surface area contributed by atoms with Crippen LogP contribution in [0.1, 0.15) is 28.8 Å². The Labute approximate surface area is 235 Å². The molecule has 0 unspecified atom stereocenters. The van der Waals surface area contributed by atoms with Crippen LogP contribution < -0.4 is 4.90 Å². The fourth-order valence-corrected chi connectivity index (χ4v) is 6.00. The van der Waals surface area contributed by atoms with Gasteiger partial charge in [0.1, 0.15) is 5.76 Å². The standard InChI is InChI=1S/C30H28N4O5S/c1-2-34-28(35)27(40-30(34)31-21-7-9-22(10-8-21)32-13-15-38-16-14-32)17-20-18-33(25-6-4-3-5-24(20)25)19-23-11-12-26(39-23)29(36)37/h3-12,17-18H,2,13-16,19H2,1H3,(H,36,37)/b27-17-,31-30?. The molecule has 0 bridgehead atoms. The molecule has 4 heterocycles. The molecule has 0 spiro atoms. The first-order valence-electron chi connectivity index (χ1n) is 13.1. The average Bonchev–Trinajstić information content (AvgIpc) is 3.67. The number of amidine groups is 1. The number of anilines is 1. The third-order valence-corrected chi connectivity index (χ3v) is 7.97. The van der Waals surface area contributed by atoms with Crippen LogP contribution in [0.25, 0.3) is 17.0 Å². The van der Waals surface area contributed by atoms with Crippen molar-refractivity contribution in [1.82, 2.24) is 9.47 Å². The Bertz CT molecular complexity index is 1630. The monoisotopic (exact) mass is 556 g/mol. The maximum Gasteiger partial charge on any atom is 0.371 e. The fraction of sp³-hybridized carbons (Fsp3) is 0.233. The molecule has 6 rings (SSSR count). The van der Waals surface area contributed by atoms with E-state index in [9.17, 15) is 14.7 Å². The van der Waals surface area contributed by atoms with Gasteiger partial charge in [0.25, 0.3) is 5.91 Å². The highest BCUT2D eigenvalue weighted by molar-refractivity contribution is 8.18. The molecule has 0 saturated carbocycles. The van der Waals surface area contributed by atoms with Gasteiger partial charge in [0.15, 0.2) is 5.17 Å². The number of morpholine rings is 1. The van der Waals surface area contributed by atoms with Crippen LogP contribution in [0, 0.1) is 0 Å². The van der Waals surface area contributed by atoms with Crippen LogP contribution in [0.4, 0.5) is 11.4 Å². The maximum absolute atomic E-state index is 13.4. The first kappa shape index (κ1) is 26.0. The number of benzene rings is 2. The lowest BCUT2D eigenvalue weighted by Crippen LogP contribution is -2.36. The van der Waals surface area contributed by atoms with Gasteiger partial charge in [-0.3, -0.25) is 9.69 Å². The molecule has 2 aromatic carbocycles. The molecule has 0 aliphatic carbocycles. The number of nitrogens with zero attached hydrogens (tertiary/aromatic N) is 4. The molecule has 0 atom stereocenters. The Morgan fingerprint density at radius 1 is 1.07 bits per heavy atom. The molecule has 204 valence electrons. The molecule has 1 N–H and O–H groups in total. The van der Waals surface area contributed by atoms with Gasteiger partial charge < -0.3 is 23.7 Å². The van der Waals surface area contributed by atoms with Gasteiger partial charge in [-0.25, -0.2) is 9.79 Å². The summed E-state index contributed by atoms with van der Waals surface area (Å²) in [6.45, 7) is 6.03. The number of hydrogen-bond donors (Lipinski definition) is 1. The van der Waals surface area contributed by atoms with E-state index in [2.05, 4.69) is 17.0 Å². The Hall–Kier alpha value is -4.28. The molecule has 4 aromatic rings. The van der Waals surface area contributed by atoms with Crippen molar-refractivity contribution in [3.05, 3.63) is 88.8 Å². The largest absolute Gasteiger partial charge is 0.475 e. The second-order valence-electron chi connectivity index (χ2n) is 9.47. The van der Waals surface area contributed by atoms with E-state index in [1.807, 2.05) is 60.2 Å². The van der Waals surface area contributed by atoms with Crippen LogP contribution in [0.2, 0.25) is 0 Å². The topological polar surface area (TPSA) is 101 Å². The number of carbonyl (C=O) groups excluding carboxylic acids is 1. The van der Waals surface area contributed by atoms with Crippen LogP contribution in [-0.2, 0) is 16.1 Å². The highest BCUT2D eigenvalue weighted by Crippen LogP contribution is 2.36. The summed E-state index contributed by atoms with van der Waals surface area (Å²) < 4.78 is 12.9. The van der Waals surface area contributed by atoms with Gasteiger partial charge in [0.2, 0.25) is 5.76 Å². The number of carboxylic acids is 1. The number of aromatic nitrogens is 1. The van der Waals surface area contributed by atoms with Crippen molar-refractivity contribution in [2.45, 2.75) is 13.5 Å². The Morgan fingerprint density at radius 3 is 2.58 bits per heavy atom. The molecule has 2 aliphatic rings. The van der Waals surface area contributed by atoms with Gasteiger partial charge in [0.05, 0.1) is 30.4 Å². The number of fused-ring (bicyclic) bond motifs is 1. The van der Waals surface area contributed by atoms with Crippen LogP contribution in [0.5, 0.6) is 0 Å². The van der Waals surface area contributed by atoms with Gasteiger partial charge >= 0.3 is 5.97 Å². The lowest BCUT2D eigenvalue weighted by Gasteiger charge is -2.28. The number of aromatic carboxylic acids is 1. The number of furan rings is 1. The summed E-state index contributed by atoms with van der Waals surface area (Å²) in [7, 11) is 0. The number of carboxylic acid groups (broad SMARTS) is 1. The summed E-state index contributed by atoms with van der Waals surface area (Å²) in [5.74, 6) is -0.735. The lowest BCUT2D eigenvalue weighted by molar-refractivity contribution is -0.122. The summed E-state index contributed by atoms with van der Waals surface area (Å²) >= 11 is 1.37. The number of ether oxygens (including phenoxy) is 1. The van der Waals surface area contributed by atoms with Gasteiger partial charge in [-0.1, -0.05) is 18.2 Å². The number of thioether (sulfide) groups is 1. The van der Waals surface area contributed by atoms with Gasteiger partial charge in [-0.15, -0.1) is 0 Å². The number of amides is 1. The zero-order valence-corrected chi connectivity index (χ0v) is 22.8. The second kappa shape index (κ2) is 11.1. The molecule has 2 fully saturated rings. The average molecular weight is 557 g/mol. The molecule has 40 heavy (non-hydrogen) atoms. The quantitative estimate of drug-likeness (QED) is 0.303. The fourth-order valence-electron chi connectivity index (χ4n) is 4.95. The van der Waals surface area contributed by atoms with Crippen molar-refractivity contribution in [2.75, 3.05) is 37.7 Å². The van der Waals surface area contributed by atoms with Crippen molar-refractivity contribution in [3.63, 3.8) is 0 Å². The van der Waals surface area contributed by atoms with Crippen molar-refractivity contribution in [3.8, 4) is 0 Å². The van der Waals surface area contributed by atoms with Crippen LogP contribution in [0.3, 0.4) is 0 Å². The van der Waals surface area contributed by atoms with Crippen LogP contribution >= 0.6 is 11.8 Å². The van der Waals surface area contributed by atoms with E-state index < -0.39 is 5.97 Å². The predicted octanol–water partition coefficient (Wildman–Crippen LogP) is 5.44. The number of carbonyl (C=O) groups is 2. The first-order chi connectivity index (χ1) is 19.5. The highest BCUT2D eigenvalue weighted by atomic mass is 32.2. The Kier molecular flexibility index (Phi) is 7.19. The van der Waals surface area contributed by atoms with E-state index in [0.29, 0.717) is 28.9 Å². The second-order valence-corrected chi connectivity index (χ2v) is 10.5. The first-order valence-corrected chi connectivity index (χ1v) is 13.9. The molecule has 2 saturated heterocycles. The van der Waals surface area contributed by atoms with E-state index in [1.165, 1.54) is 17.8 Å². The van der Waals surface area contributed by atoms with E-state index in [-0.39, 0.29) is 11.7 Å². The zero-order chi connectivity index (χ0) is 27.6. The lowest BCUT2D eigenvalue weighted by atomic mass is 10.1. The minimum atomic E-state index is -1.10. The number of para-hydroxylation sites is 1. The van der Waals surface area contributed by atoms with Crippen molar-refractivity contribution < 1.29 is 23.8 Å². The van der Waals surface area contributed by atoms with Crippen molar-refractivity contribution >= 4 is 57.2 Å². The summed E-state index contributed by atoms with van der Waals surface area (Å²) in [6.07, 6.45) is 3.87. The SMILES string of the molecule is CCN1C(=O)/C(=C/c2cn(Cc3ccc(C(=O)O)o3)c3ccccc23)SC1=Nc1ccc(N2CCOCC2)cc1. The predicted molar refractivity (Wildman–Crippen MR) is 156 cm³/mol. The Balaban J connectivity index is 1.27. The third-order valence-electron chi connectivity index (χ3n) is 6.96. The van der Waals surface area contributed by atoms with Gasteiger partial charge in [-0.2, -0.15) is 0 Å². The molecule has 2 aliphatic heterocycles. The molecule has 1 amide bonds. The molecule has 0 radical (unpaired) electrons. The summed E-state index contributed by atoms with van der Waals surface area (Å²) in [4.78, 5) is 34.0.